The normalized spacial score (nSPS) is 11.1. The van der Waals surface area contributed by atoms with E-state index in [0.29, 0.717) is 41.9 Å². The van der Waals surface area contributed by atoms with Gasteiger partial charge in [-0.15, -0.1) is 10.2 Å². The van der Waals surface area contributed by atoms with Crippen LogP contribution in [0.2, 0.25) is 5.02 Å². The van der Waals surface area contributed by atoms with Crippen molar-refractivity contribution in [3.63, 3.8) is 0 Å². The molecule has 0 saturated carbocycles. The average molecular weight is 431 g/mol. The van der Waals surface area contributed by atoms with Gasteiger partial charge in [0.1, 0.15) is 5.82 Å². The minimum absolute atomic E-state index is 0.0867. The molecule has 1 heterocycles. The molecule has 1 N–H and O–H groups in total. The molecule has 0 fully saturated rings. The first-order chi connectivity index (χ1) is 14.5. The molecule has 0 aliphatic rings. The third-order valence-corrected chi connectivity index (χ3v) is 4.82. The number of nitrogens with one attached hydrogen (secondary N) is 1. The molecular weight excluding hydrogens is 407 g/mol. The molecule has 1 aromatic heterocycles. The zero-order valence-electron chi connectivity index (χ0n) is 16.8. The van der Waals surface area contributed by atoms with E-state index in [4.69, 9.17) is 16.0 Å². The van der Waals surface area contributed by atoms with E-state index in [0.717, 1.165) is 18.5 Å². The Morgan fingerprint density at radius 3 is 2.67 bits per heavy atom. The van der Waals surface area contributed by atoms with Gasteiger partial charge in [0.2, 0.25) is 17.7 Å². The Morgan fingerprint density at radius 2 is 1.93 bits per heavy atom. The summed E-state index contributed by atoms with van der Waals surface area (Å²) < 4.78 is 18.7. The highest BCUT2D eigenvalue weighted by molar-refractivity contribution is 6.33. The van der Waals surface area contributed by atoms with Gasteiger partial charge in [0.05, 0.1) is 23.7 Å². The summed E-state index contributed by atoms with van der Waals surface area (Å²) in [5, 5.41) is 11.6. The molecule has 0 saturated heterocycles. The van der Waals surface area contributed by atoms with Crippen LogP contribution < -0.4 is 5.32 Å². The molecule has 0 unspecified atom stereocenters. The molecule has 3 rings (SSSR count). The number of nitrogens with zero attached hydrogens (tertiary/aromatic N) is 3. The van der Waals surface area contributed by atoms with E-state index in [9.17, 15) is 9.18 Å². The van der Waals surface area contributed by atoms with Crippen LogP contribution in [0.1, 0.15) is 24.8 Å². The number of rotatable bonds is 10. The van der Waals surface area contributed by atoms with Crippen LogP contribution in [0.15, 0.2) is 52.9 Å². The van der Waals surface area contributed by atoms with Crippen molar-refractivity contribution in [1.29, 1.82) is 0 Å². The average Bonchev–Trinajstić information content (AvgIpc) is 3.18. The van der Waals surface area contributed by atoms with Crippen LogP contribution >= 0.6 is 11.6 Å². The lowest BCUT2D eigenvalue weighted by atomic mass is 10.1. The third-order valence-electron chi connectivity index (χ3n) is 4.49. The van der Waals surface area contributed by atoms with Crippen LogP contribution in [0.25, 0.3) is 11.5 Å². The molecule has 6 nitrogen and oxygen atoms in total. The smallest absolute Gasteiger partial charge is 0.249 e. The number of benzene rings is 2. The molecule has 3 aromatic rings. The Balaban J connectivity index is 1.52. The molecule has 8 heteroatoms. The number of hydrogen-bond donors (Lipinski definition) is 1. The minimum atomic E-state index is -0.267. The Hall–Kier alpha value is -2.77. The number of halogens is 2. The second-order valence-corrected chi connectivity index (χ2v) is 7.33. The van der Waals surface area contributed by atoms with Crippen molar-refractivity contribution in [2.75, 3.05) is 19.6 Å². The van der Waals surface area contributed by atoms with Gasteiger partial charge in [-0.1, -0.05) is 42.8 Å². The van der Waals surface area contributed by atoms with Gasteiger partial charge >= 0.3 is 0 Å². The van der Waals surface area contributed by atoms with Crippen LogP contribution in [-0.2, 0) is 17.8 Å². The van der Waals surface area contributed by atoms with E-state index < -0.39 is 0 Å². The lowest BCUT2D eigenvalue weighted by Crippen LogP contribution is -2.38. The summed E-state index contributed by atoms with van der Waals surface area (Å²) in [5.74, 6) is 0.432. The summed E-state index contributed by atoms with van der Waals surface area (Å²) in [6.45, 7) is 3.84. The zero-order chi connectivity index (χ0) is 21.3. The fourth-order valence-electron chi connectivity index (χ4n) is 3.04. The largest absolute Gasteiger partial charge is 0.419 e. The fraction of sp³-hybridized carbons (Fsp3) is 0.318. The Morgan fingerprint density at radius 1 is 1.17 bits per heavy atom. The van der Waals surface area contributed by atoms with Crippen molar-refractivity contribution in [2.24, 2.45) is 0 Å². The van der Waals surface area contributed by atoms with E-state index in [-0.39, 0.29) is 18.3 Å². The van der Waals surface area contributed by atoms with Crippen LogP contribution in [-0.4, -0.2) is 40.6 Å². The predicted octanol–water partition coefficient (Wildman–Crippen LogP) is 4.10. The molecule has 2 aromatic carbocycles. The third kappa shape index (κ3) is 6.37. The van der Waals surface area contributed by atoms with Gasteiger partial charge in [-0.05, 0) is 49.2 Å². The van der Waals surface area contributed by atoms with Crippen molar-refractivity contribution < 1.29 is 13.6 Å². The summed E-state index contributed by atoms with van der Waals surface area (Å²) in [6.07, 6.45) is 1.53. The quantitative estimate of drug-likeness (QED) is 0.524. The van der Waals surface area contributed by atoms with Crippen LogP contribution in [0.5, 0.6) is 0 Å². The van der Waals surface area contributed by atoms with Crippen LogP contribution in [0.3, 0.4) is 0 Å². The standard InChI is InChI=1S/C22H24ClFN4O2/c1-2-13-28(14-20(29)25-12-11-16-7-9-17(24)10-8-16)15-21-26-27-22(30-21)18-5-3-4-6-19(18)23/h3-10H,2,11-15H2,1H3,(H,25,29). The first-order valence-electron chi connectivity index (χ1n) is 9.86. The Kier molecular flexibility index (Phi) is 7.93. The van der Waals surface area contributed by atoms with E-state index >= 15 is 0 Å². The monoisotopic (exact) mass is 430 g/mol. The Bertz CT molecular complexity index is 962. The van der Waals surface area contributed by atoms with Gasteiger partial charge in [-0.3, -0.25) is 9.69 Å². The Labute approximate surface area is 180 Å². The van der Waals surface area contributed by atoms with Crippen molar-refractivity contribution in [2.45, 2.75) is 26.3 Å². The number of aromatic nitrogens is 2. The summed E-state index contributed by atoms with van der Waals surface area (Å²) >= 11 is 6.18. The summed E-state index contributed by atoms with van der Waals surface area (Å²) in [7, 11) is 0. The molecule has 0 spiro atoms. The lowest BCUT2D eigenvalue weighted by Gasteiger charge is -2.19. The molecule has 0 aliphatic carbocycles. The molecule has 0 atom stereocenters. The van der Waals surface area contributed by atoms with E-state index in [1.54, 1.807) is 18.2 Å². The predicted molar refractivity (Wildman–Crippen MR) is 113 cm³/mol. The van der Waals surface area contributed by atoms with E-state index in [2.05, 4.69) is 15.5 Å². The van der Waals surface area contributed by atoms with Gasteiger partial charge in [0.15, 0.2) is 0 Å². The maximum atomic E-state index is 13.0. The zero-order valence-corrected chi connectivity index (χ0v) is 17.5. The van der Waals surface area contributed by atoms with E-state index in [1.165, 1.54) is 12.1 Å². The highest BCUT2D eigenvalue weighted by atomic mass is 35.5. The molecule has 30 heavy (non-hydrogen) atoms. The van der Waals surface area contributed by atoms with Gasteiger partial charge in [0, 0.05) is 6.54 Å². The van der Waals surface area contributed by atoms with Gasteiger partial charge in [0.25, 0.3) is 0 Å². The second-order valence-electron chi connectivity index (χ2n) is 6.92. The van der Waals surface area contributed by atoms with Gasteiger partial charge in [-0.2, -0.15) is 0 Å². The first-order valence-corrected chi connectivity index (χ1v) is 10.2. The maximum Gasteiger partial charge on any atom is 0.249 e. The second kappa shape index (κ2) is 10.8. The molecule has 0 bridgehead atoms. The molecular formula is C22H24ClFN4O2. The van der Waals surface area contributed by atoms with Gasteiger partial charge < -0.3 is 9.73 Å². The van der Waals surface area contributed by atoms with Crippen molar-refractivity contribution >= 4 is 17.5 Å². The number of carbonyl (C=O) groups is 1. The molecule has 0 radical (unpaired) electrons. The number of carbonyl (C=O) groups excluding carboxylic acids is 1. The highest BCUT2D eigenvalue weighted by Crippen LogP contribution is 2.26. The molecule has 158 valence electrons. The molecule has 0 aliphatic heterocycles. The van der Waals surface area contributed by atoms with Gasteiger partial charge in [-0.25, -0.2) is 4.39 Å². The first kappa shape index (κ1) is 21.9. The van der Waals surface area contributed by atoms with Crippen molar-refractivity contribution in [1.82, 2.24) is 20.4 Å². The summed E-state index contributed by atoms with van der Waals surface area (Å²) in [4.78, 5) is 14.3. The van der Waals surface area contributed by atoms with E-state index in [1.807, 2.05) is 30.0 Å². The minimum Gasteiger partial charge on any atom is -0.419 e. The number of hydrogen-bond acceptors (Lipinski definition) is 5. The maximum absolute atomic E-state index is 13.0. The summed E-state index contributed by atoms with van der Waals surface area (Å²) in [5.41, 5.74) is 1.65. The van der Waals surface area contributed by atoms with Crippen LogP contribution in [0, 0.1) is 5.82 Å². The summed E-state index contributed by atoms with van der Waals surface area (Å²) in [6, 6.07) is 13.5. The SMILES string of the molecule is CCCN(CC(=O)NCCc1ccc(F)cc1)Cc1nnc(-c2ccccc2Cl)o1. The lowest BCUT2D eigenvalue weighted by molar-refractivity contribution is -0.122. The molecule has 1 amide bonds. The van der Waals surface area contributed by atoms with Crippen LogP contribution in [0.4, 0.5) is 4.39 Å². The topological polar surface area (TPSA) is 71.3 Å². The highest BCUT2D eigenvalue weighted by Gasteiger charge is 2.16. The van der Waals surface area contributed by atoms with Crippen molar-refractivity contribution in [3.8, 4) is 11.5 Å². The number of amides is 1. The fourth-order valence-corrected chi connectivity index (χ4v) is 3.26. The van der Waals surface area contributed by atoms with Crippen molar-refractivity contribution in [3.05, 3.63) is 70.8 Å².